The standard InChI is InChI=1S/C16H16N2O/c19-16(18-11-6-12-18)14-9-4-5-10-15(14)17-13-7-2-1-3-8-13/h1-5,7-10,17H,6,11-12H2. The van der Waals surface area contributed by atoms with Gasteiger partial charge in [0.1, 0.15) is 0 Å². The molecular weight excluding hydrogens is 236 g/mol. The van der Waals surface area contributed by atoms with Gasteiger partial charge in [-0.15, -0.1) is 0 Å². The minimum Gasteiger partial charge on any atom is -0.355 e. The Morgan fingerprint density at radius 2 is 1.63 bits per heavy atom. The SMILES string of the molecule is O=C(c1ccccc1Nc1ccccc1)N1CCC1. The van der Waals surface area contributed by atoms with Crippen LogP contribution in [0, 0.1) is 0 Å². The van der Waals surface area contributed by atoms with E-state index in [0.717, 1.165) is 36.4 Å². The smallest absolute Gasteiger partial charge is 0.255 e. The van der Waals surface area contributed by atoms with Crippen LogP contribution in [0.15, 0.2) is 54.6 Å². The van der Waals surface area contributed by atoms with Gasteiger partial charge in [-0.1, -0.05) is 30.3 Å². The molecule has 1 amide bonds. The molecule has 0 radical (unpaired) electrons. The van der Waals surface area contributed by atoms with E-state index in [-0.39, 0.29) is 5.91 Å². The molecule has 1 heterocycles. The number of rotatable bonds is 3. The van der Waals surface area contributed by atoms with Crippen molar-refractivity contribution in [2.75, 3.05) is 18.4 Å². The fourth-order valence-electron chi connectivity index (χ4n) is 2.15. The van der Waals surface area contributed by atoms with Crippen LogP contribution in [0.2, 0.25) is 0 Å². The van der Waals surface area contributed by atoms with E-state index in [1.807, 2.05) is 59.5 Å². The van der Waals surface area contributed by atoms with Gasteiger partial charge in [-0.25, -0.2) is 0 Å². The van der Waals surface area contributed by atoms with Crippen LogP contribution in [0.3, 0.4) is 0 Å². The van der Waals surface area contributed by atoms with Crippen LogP contribution < -0.4 is 5.32 Å². The highest BCUT2D eigenvalue weighted by Gasteiger charge is 2.23. The first-order valence-electron chi connectivity index (χ1n) is 6.55. The Kier molecular flexibility index (Phi) is 3.19. The number of likely N-dealkylation sites (tertiary alicyclic amines) is 1. The number of amides is 1. The van der Waals surface area contributed by atoms with Crippen molar-refractivity contribution in [3.8, 4) is 0 Å². The normalized spacial score (nSPS) is 13.8. The topological polar surface area (TPSA) is 32.3 Å². The summed E-state index contributed by atoms with van der Waals surface area (Å²) in [5, 5.41) is 3.31. The van der Waals surface area contributed by atoms with Crippen LogP contribution >= 0.6 is 0 Å². The first-order chi connectivity index (χ1) is 9.34. The minimum absolute atomic E-state index is 0.116. The fourth-order valence-corrected chi connectivity index (χ4v) is 2.15. The molecule has 3 nitrogen and oxygen atoms in total. The van der Waals surface area contributed by atoms with Gasteiger partial charge >= 0.3 is 0 Å². The number of carbonyl (C=O) groups is 1. The van der Waals surface area contributed by atoms with Gasteiger partial charge in [0.25, 0.3) is 5.91 Å². The molecule has 0 spiro atoms. The van der Waals surface area contributed by atoms with Gasteiger partial charge in [-0.2, -0.15) is 0 Å². The number of benzene rings is 2. The van der Waals surface area contributed by atoms with Crippen LogP contribution in [0.4, 0.5) is 11.4 Å². The molecule has 1 aliphatic rings. The summed E-state index contributed by atoms with van der Waals surface area (Å²) in [6.45, 7) is 1.75. The number of para-hydroxylation sites is 2. The molecule has 3 rings (SSSR count). The van der Waals surface area contributed by atoms with Gasteiger partial charge < -0.3 is 10.2 Å². The molecule has 1 fully saturated rings. The van der Waals surface area contributed by atoms with E-state index >= 15 is 0 Å². The Bertz CT molecular complexity index is 576. The summed E-state index contributed by atoms with van der Waals surface area (Å²) in [5.74, 6) is 0.116. The number of hydrogen-bond acceptors (Lipinski definition) is 2. The van der Waals surface area contributed by atoms with E-state index in [2.05, 4.69) is 5.32 Å². The molecule has 0 saturated carbocycles. The molecule has 3 heteroatoms. The van der Waals surface area contributed by atoms with Gasteiger partial charge in [0.15, 0.2) is 0 Å². The first kappa shape index (κ1) is 11.8. The maximum Gasteiger partial charge on any atom is 0.255 e. The average Bonchev–Trinajstić information content (AvgIpc) is 2.38. The number of nitrogens with zero attached hydrogens (tertiary/aromatic N) is 1. The maximum atomic E-state index is 12.3. The minimum atomic E-state index is 0.116. The van der Waals surface area contributed by atoms with E-state index in [1.54, 1.807) is 0 Å². The largest absolute Gasteiger partial charge is 0.355 e. The zero-order chi connectivity index (χ0) is 13.1. The predicted octanol–water partition coefficient (Wildman–Crippen LogP) is 3.28. The van der Waals surface area contributed by atoms with Crippen molar-refractivity contribution in [1.29, 1.82) is 0 Å². The maximum absolute atomic E-state index is 12.3. The van der Waals surface area contributed by atoms with Crippen molar-refractivity contribution >= 4 is 17.3 Å². The molecule has 0 atom stereocenters. The lowest BCUT2D eigenvalue weighted by molar-refractivity contribution is 0.0653. The van der Waals surface area contributed by atoms with Crippen LogP contribution in [0.1, 0.15) is 16.8 Å². The second-order valence-corrected chi connectivity index (χ2v) is 4.68. The summed E-state index contributed by atoms with van der Waals surface area (Å²) in [6.07, 6.45) is 1.11. The second-order valence-electron chi connectivity index (χ2n) is 4.68. The molecule has 2 aromatic rings. The number of anilines is 2. The fraction of sp³-hybridized carbons (Fsp3) is 0.188. The summed E-state index contributed by atoms with van der Waals surface area (Å²) in [6, 6.07) is 17.6. The van der Waals surface area contributed by atoms with Crippen molar-refractivity contribution in [3.05, 3.63) is 60.2 Å². The molecule has 0 bridgehead atoms. The summed E-state index contributed by atoms with van der Waals surface area (Å²) < 4.78 is 0. The van der Waals surface area contributed by atoms with Crippen molar-refractivity contribution in [3.63, 3.8) is 0 Å². The van der Waals surface area contributed by atoms with Crippen LogP contribution in [0.25, 0.3) is 0 Å². The molecule has 0 unspecified atom stereocenters. The van der Waals surface area contributed by atoms with Gasteiger partial charge in [-0.05, 0) is 30.7 Å². The molecule has 96 valence electrons. The highest BCUT2D eigenvalue weighted by Crippen LogP contribution is 2.23. The lowest BCUT2D eigenvalue weighted by atomic mass is 10.1. The molecule has 0 aromatic heterocycles. The third-order valence-electron chi connectivity index (χ3n) is 3.35. The first-order valence-corrected chi connectivity index (χ1v) is 6.55. The molecule has 1 aliphatic heterocycles. The van der Waals surface area contributed by atoms with Crippen molar-refractivity contribution in [2.24, 2.45) is 0 Å². The van der Waals surface area contributed by atoms with E-state index in [1.165, 1.54) is 0 Å². The third kappa shape index (κ3) is 2.45. The molecule has 1 N–H and O–H groups in total. The average molecular weight is 252 g/mol. The van der Waals surface area contributed by atoms with E-state index in [0.29, 0.717) is 0 Å². The molecule has 1 saturated heterocycles. The van der Waals surface area contributed by atoms with Crippen LogP contribution in [-0.2, 0) is 0 Å². The number of hydrogen-bond donors (Lipinski definition) is 1. The van der Waals surface area contributed by atoms with Crippen LogP contribution in [0.5, 0.6) is 0 Å². The van der Waals surface area contributed by atoms with E-state index in [4.69, 9.17) is 0 Å². The number of carbonyl (C=O) groups excluding carboxylic acids is 1. The Morgan fingerprint density at radius 1 is 0.947 bits per heavy atom. The Balaban J connectivity index is 1.87. The quantitative estimate of drug-likeness (QED) is 0.909. The third-order valence-corrected chi connectivity index (χ3v) is 3.35. The van der Waals surface area contributed by atoms with Crippen LogP contribution in [-0.4, -0.2) is 23.9 Å². The summed E-state index contributed by atoms with van der Waals surface area (Å²) in [5.41, 5.74) is 2.60. The Labute approximate surface area is 112 Å². The van der Waals surface area contributed by atoms with Crippen molar-refractivity contribution in [1.82, 2.24) is 4.90 Å². The van der Waals surface area contributed by atoms with Crippen molar-refractivity contribution < 1.29 is 4.79 Å². The lowest BCUT2D eigenvalue weighted by Gasteiger charge is -2.31. The molecule has 19 heavy (non-hydrogen) atoms. The second kappa shape index (κ2) is 5.14. The summed E-state index contributed by atoms with van der Waals surface area (Å²) in [4.78, 5) is 14.2. The van der Waals surface area contributed by atoms with Crippen molar-refractivity contribution in [2.45, 2.75) is 6.42 Å². The highest BCUT2D eigenvalue weighted by molar-refractivity contribution is 6.00. The van der Waals surface area contributed by atoms with Gasteiger partial charge in [0.05, 0.1) is 11.3 Å². The summed E-state index contributed by atoms with van der Waals surface area (Å²) >= 11 is 0. The molecule has 0 aliphatic carbocycles. The zero-order valence-electron chi connectivity index (χ0n) is 10.7. The monoisotopic (exact) mass is 252 g/mol. The van der Waals surface area contributed by atoms with Gasteiger partial charge in [0, 0.05) is 18.8 Å². The Hall–Kier alpha value is -2.29. The highest BCUT2D eigenvalue weighted by atomic mass is 16.2. The van der Waals surface area contributed by atoms with Gasteiger partial charge in [-0.3, -0.25) is 4.79 Å². The van der Waals surface area contributed by atoms with Gasteiger partial charge in [0.2, 0.25) is 0 Å². The van der Waals surface area contributed by atoms with E-state index < -0.39 is 0 Å². The molecular formula is C16H16N2O. The lowest BCUT2D eigenvalue weighted by Crippen LogP contribution is -2.42. The molecule has 2 aromatic carbocycles. The number of nitrogens with one attached hydrogen (secondary N) is 1. The predicted molar refractivity (Wildman–Crippen MR) is 76.7 cm³/mol. The van der Waals surface area contributed by atoms with E-state index in [9.17, 15) is 4.79 Å². The Morgan fingerprint density at radius 3 is 2.32 bits per heavy atom. The summed E-state index contributed by atoms with van der Waals surface area (Å²) in [7, 11) is 0. The zero-order valence-corrected chi connectivity index (χ0v) is 10.7.